The summed E-state index contributed by atoms with van der Waals surface area (Å²) in [5, 5.41) is 1.21. The Morgan fingerprint density at radius 3 is 2.65 bits per heavy atom. The lowest BCUT2D eigenvalue weighted by atomic mass is 10.1. The predicted molar refractivity (Wildman–Crippen MR) is 94.8 cm³/mol. The van der Waals surface area contributed by atoms with Crippen LogP contribution >= 0.6 is 0 Å². The zero-order chi connectivity index (χ0) is 16.2. The summed E-state index contributed by atoms with van der Waals surface area (Å²) >= 11 is 0. The summed E-state index contributed by atoms with van der Waals surface area (Å²) in [7, 11) is 0. The van der Waals surface area contributed by atoms with E-state index >= 15 is 0 Å². The molecule has 23 heavy (non-hydrogen) atoms. The molecule has 122 valence electrons. The van der Waals surface area contributed by atoms with Gasteiger partial charge in [-0.2, -0.15) is 0 Å². The first kappa shape index (κ1) is 15.8. The second-order valence-electron chi connectivity index (χ2n) is 6.29. The van der Waals surface area contributed by atoms with Gasteiger partial charge in [-0.25, -0.2) is 4.98 Å². The number of rotatable bonds is 4. The number of amides is 1. The number of anilines is 1. The van der Waals surface area contributed by atoms with Crippen LogP contribution < -0.4 is 4.90 Å². The van der Waals surface area contributed by atoms with Crippen LogP contribution in [0.5, 0.6) is 0 Å². The molecule has 2 heterocycles. The van der Waals surface area contributed by atoms with Crippen molar-refractivity contribution in [2.75, 3.05) is 31.1 Å². The maximum atomic E-state index is 12.1. The molecular formula is C19H25N3O. The summed E-state index contributed by atoms with van der Waals surface area (Å²) in [6.45, 7) is 7.59. The number of hydrogen-bond donors (Lipinski definition) is 0. The lowest BCUT2D eigenvalue weighted by Gasteiger charge is -2.35. The molecule has 4 nitrogen and oxygen atoms in total. The van der Waals surface area contributed by atoms with Crippen molar-refractivity contribution in [2.24, 2.45) is 0 Å². The predicted octanol–water partition coefficient (Wildman–Crippen LogP) is 3.38. The number of piperazine rings is 1. The van der Waals surface area contributed by atoms with E-state index < -0.39 is 0 Å². The van der Waals surface area contributed by atoms with E-state index in [1.807, 2.05) is 11.0 Å². The highest BCUT2D eigenvalue weighted by Crippen LogP contribution is 2.23. The Kier molecular flexibility index (Phi) is 4.79. The van der Waals surface area contributed by atoms with E-state index in [4.69, 9.17) is 4.98 Å². The highest BCUT2D eigenvalue weighted by atomic mass is 16.2. The molecule has 1 fully saturated rings. The Morgan fingerprint density at radius 2 is 1.91 bits per heavy atom. The lowest BCUT2D eigenvalue weighted by Crippen LogP contribution is -2.49. The standard InChI is InChI=1S/C19H25N3O/c1-3-4-9-19(23)22-12-10-21(11-13-22)18-14-15(2)16-7-5-6-8-17(16)20-18/h5-8,14H,3-4,9-13H2,1-2H3. The van der Waals surface area contributed by atoms with Gasteiger partial charge in [-0.15, -0.1) is 0 Å². The molecule has 1 saturated heterocycles. The van der Waals surface area contributed by atoms with Gasteiger partial charge in [0.15, 0.2) is 0 Å². The van der Waals surface area contributed by atoms with E-state index in [-0.39, 0.29) is 0 Å². The molecule has 3 rings (SSSR count). The molecule has 0 N–H and O–H groups in total. The van der Waals surface area contributed by atoms with Crippen LogP contribution in [-0.2, 0) is 4.79 Å². The van der Waals surface area contributed by atoms with Crippen molar-refractivity contribution >= 4 is 22.6 Å². The highest BCUT2D eigenvalue weighted by Gasteiger charge is 2.21. The van der Waals surface area contributed by atoms with E-state index in [9.17, 15) is 4.79 Å². The summed E-state index contributed by atoms with van der Waals surface area (Å²) in [5.41, 5.74) is 2.30. The van der Waals surface area contributed by atoms with Crippen LogP contribution in [0.3, 0.4) is 0 Å². The maximum Gasteiger partial charge on any atom is 0.222 e. The number of nitrogens with zero attached hydrogens (tertiary/aromatic N) is 3. The van der Waals surface area contributed by atoms with Gasteiger partial charge in [-0.3, -0.25) is 4.79 Å². The SMILES string of the molecule is CCCCC(=O)N1CCN(c2cc(C)c3ccccc3n2)CC1. The quantitative estimate of drug-likeness (QED) is 0.868. The van der Waals surface area contributed by atoms with Crippen LogP contribution in [0.2, 0.25) is 0 Å². The molecule has 0 radical (unpaired) electrons. The van der Waals surface area contributed by atoms with Crippen molar-refractivity contribution in [1.82, 2.24) is 9.88 Å². The van der Waals surface area contributed by atoms with Crippen LogP contribution in [0.15, 0.2) is 30.3 Å². The molecule has 0 saturated carbocycles. The van der Waals surface area contributed by atoms with Gasteiger partial charge in [0, 0.05) is 38.0 Å². The molecule has 0 bridgehead atoms. The highest BCUT2D eigenvalue weighted by molar-refractivity contribution is 5.84. The second-order valence-corrected chi connectivity index (χ2v) is 6.29. The monoisotopic (exact) mass is 311 g/mol. The average molecular weight is 311 g/mol. The Morgan fingerprint density at radius 1 is 1.17 bits per heavy atom. The summed E-state index contributed by atoms with van der Waals surface area (Å²) < 4.78 is 0. The minimum atomic E-state index is 0.300. The minimum Gasteiger partial charge on any atom is -0.353 e. The van der Waals surface area contributed by atoms with Crippen LogP contribution in [0.25, 0.3) is 10.9 Å². The molecule has 1 aliphatic rings. The van der Waals surface area contributed by atoms with Crippen molar-refractivity contribution in [1.29, 1.82) is 0 Å². The third-order valence-corrected chi connectivity index (χ3v) is 4.61. The van der Waals surface area contributed by atoms with Crippen LogP contribution in [0.4, 0.5) is 5.82 Å². The summed E-state index contributed by atoms with van der Waals surface area (Å²) in [4.78, 5) is 21.2. The number of aryl methyl sites for hydroxylation is 1. The molecule has 2 aromatic rings. The van der Waals surface area contributed by atoms with Gasteiger partial charge in [0.1, 0.15) is 5.82 Å². The van der Waals surface area contributed by atoms with E-state index in [2.05, 4.69) is 43.0 Å². The first-order valence-corrected chi connectivity index (χ1v) is 8.58. The fraction of sp³-hybridized carbons (Fsp3) is 0.474. The third-order valence-electron chi connectivity index (χ3n) is 4.61. The zero-order valence-electron chi connectivity index (χ0n) is 14.1. The molecule has 1 aliphatic heterocycles. The summed E-state index contributed by atoms with van der Waals surface area (Å²) in [6.07, 6.45) is 2.75. The van der Waals surface area contributed by atoms with E-state index in [1.165, 1.54) is 10.9 Å². The number of fused-ring (bicyclic) bond motifs is 1. The number of carbonyl (C=O) groups is 1. The topological polar surface area (TPSA) is 36.4 Å². The van der Waals surface area contributed by atoms with Crippen LogP contribution in [0, 0.1) is 6.92 Å². The normalized spacial score (nSPS) is 15.2. The largest absolute Gasteiger partial charge is 0.353 e. The van der Waals surface area contributed by atoms with Gasteiger partial charge in [0.2, 0.25) is 5.91 Å². The second kappa shape index (κ2) is 6.99. The number of unbranched alkanes of at least 4 members (excludes halogenated alkanes) is 1. The van der Waals surface area contributed by atoms with E-state index in [1.54, 1.807) is 0 Å². The first-order valence-electron chi connectivity index (χ1n) is 8.58. The molecule has 0 aliphatic carbocycles. The summed E-state index contributed by atoms with van der Waals surface area (Å²) in [6, 6.07) is 10.4. The molecule has 1 aromatic carbocycles. The molecule has 4 heteroatoms. The van der Waals surface area contributed by atoms with Gasteiger partial charge < -0.3 is 9.80 Å². The third kappa shape index (κ3) is 3.46. The van der Waals surface area contributed by atoms with Gasteiger partial charge in [0.25, 0.3) is 0 Å². The van der Waals surface area contributed by atoms with Crippen LogP contribution in [-0.4, -0.2) is 42.0 Å². The Bertz CT molecular complexity index is 690. The Balaban J connectivity index is 1.69. The first-order chi connectivity index (χ1) is 11.2. The number of pyridine rings is 1. The number of aromatic nitrogens is 1. The molecule has 1 amide bonds. The van der Waals surface area contributed by atoms with Gasteiger partial charge in [-0.05, 0) is 31.0 Å². The van der Waals surface area contributed by atoms with Gasteiger partial charge in [0.05, 0.1) is 5.52 Å². The number of hydrogen-bond acceptors (Lipinski definition) is 3. The van der Waals surface area contributed by atoms with Crippen molar-refractivity contribution in [3.8, 4) is 0 Å². The molecule has 1 aromatic heterocycles. The smallest absolute Gasteiger partial charge is 0.222 e. The van der Waals surface area contributed by atoms with Crippen molar-refractivity contribution in [2.45, 2.75) is 33.1 Å². The zero-order valence-corrected chi connectivity index (χ0v) is 14.1. The molecule has 0 unspecified atom stereocenters. The lowest BCUT2D eigenvalue weighted by molar-refractivity contribution is -0.131. The molecule has 0 spiro atoms. The number of benzene rings is 1. The number of para-hydroxylation sites is 1. The van der Waals surface area contributed by atoms with Crippen molar-refractivity contribution < 1.29 is 4.79 Å². The van der Waals surface area contributed by atoms with E-state index in [0.717, 1.165) is 50.4 Å². The van der Waals surface area contributed by atoms with Gasteiger partial charge >= 0.3 is 0 Å². The Labute approximate surface area is 138 Å². The van der Waals surface area contributed by atoms with E-state index in [0.29, 0.717) is 12.3 Å². The minimum absolute atomic E-state index is 0.300. The summed E-state index contributed by atoms with van der Waals surface area (Å²) in [5.74, 6) is 1.33. The van der Waals surface area contributed by atoms with Crippen molar-refractivity contribution in [3.05, 3.63) is 35.9 Å². The van der Waals surface area contributed by atoms with Gasteiger partial charge in [-0.1, -0.05) is 31.5 Å². The Hall–Kier alpha value is -2.10. The molecular weight excluding hydrogens is 286 g/mol. The fourth-order valence-electron chi connectivity index (χ4n) is 3.16. The number of carbonyl (C=O) groups excluding carboxylic acids is 1. The fourth-order valence-corrected chi connectivity index (χ4v) is 3.16. The molecule has 0 atom stereocenters. The maximum absolute atomic E-state index is 12.1. The van der Waals surface area contributed by atoms with Crippen molar-refractivity contribution in [3.63, 3.8) is 0 Å². The van der Waals surface area contributed by atoms with Crippen LogP contribution in [0.1, 0.15) is 31.7 Å². The average Bonchev–Trinajstić information content (AvgIpc) is 2.60.